The van der Waals surface area contributed by atoms with Crippen LogP contribution >= 0.6 is 0 Å². The maximum atomic E-state index is 13.0. The fraction of sp³-hybridized carbons (Fsp3) is 0.0870. The number of amides is 2. The average Bonchev–Trinajstić information content (AvgIpc) is 2.75. The standard InChI is InChI=1S/C23H19N3O2/c1-2-26(21-12-4-3-5-13-21)23(28)19-10-7-9-18(15-19)22(27)25-20-11-6-8-17(14-20)16-24/h3-15H,2H2,1H3,(H,25,27). The van der Waals surface area contributed by atoms with Crippen molar-refractivity contribution in [2.45, 2.75) is 6.92 Å². The van der Waals surface area contributed by atoms with E-state index >= 15 is 0 Å². The van der Waals surface area contributed by atoms with Gasteiger partial charge in [0.15, 0.2) is 0 Å². The van der Waals surface area contributed by atoms with Crippen molar-refractivity contribution in [1.29, 1.82) is 5.26 Å². The molecule has 0 saturated carbocycles. The molecule has 28 heavy (non-hydrogen) atoms. The number of nitriles is 1. The predicted octanol–water partition coefficient (Wildman–Crippen LogP) is 4.48. The molecule has 1 N–H and O–H groups in total. The number of nitrogens with zero attached hydrogens (tertiary/aromatic N) is 2. The van der Waals surface area contributed by atoms with Gasteiger partial charge in [0.05, 0.1) is 11.6 Å². The number of hydrogen-bond acceptors (Lipinski definition) is 3. The van der Waals surface area contributed by atoms with E-state index in [-0.39, 0.29) is 11.8 Å². The number of nitrogens with one attached hydrogen (secondary N) is 1. The molecule has 0 bridgehead atoms. The molecule has 0 aliphatic carbocycles. The average molecular weight is 369 g/mol. The lowest BCUT2D eigenvalue weighted by Crippen LogP contribution is -2.30. The van der Waals surface area contributed by atoms with Crippen molar-refractivity contribution in [3.63, 3.8) is 0 Å². The van der Waals surface area contributed by atoms with E-state index in [1.54, 1.807) is 53.4 Å². The van der Waals surface area contributed by atoms with Gasteiger partial charge in [-0.3, -0.25) is 9.59 Å². The van der Waals surface area contributed by atoms with E-state index in [1.165, 1.54) is 0 Å². The third-order valence-corrected chi connectivity index (χ3v) is 4.25. The van der Waals surface area contributed by atoms with Crippen LogP contribution in [0.15, 0.2) is 78.9 Å². The molecule has 0 fully saturated rings. The van der Waals surface area contributed by atoms with Crippen molar-refractivity contribution < 1.29 is 9.59 Å². The minimum absolute atomic E-state index is 0.171. The van der Waals surface area contributed by atoms with Crippen LogP contribution in [-0.2, 0) is 0 Å². The van der Waals surface area contributed by atoms with Gasteiger partial charge in [0.2, 0.25) is 0 Å². The lowest BCUT2D eigenvalue weighted by molar-refractivity contribution is 0.0988. The zero-order valence-electron chi connectivity index (χ0n) is 15.4. The Morgan fingerprint density at radius 3 is 2.36 bits per heavy atom. The second kappa shape index (κ2) is 8.65. The second-order valence-corrected chi connectivity index (χ2v) is 6.11. The second-order valence-electron chi connectivity index (χ2n) is 6.11. The molecule has 0 aliphatic rings. The Kier molecular flexibility index (Phi) is 5.83. The van der Waals surface area contributed by atoms with E-state index in [0.29, 0.717) is 28.9 Å². The van der Waals surface area contributed by atoms with E-state index < -0.39 is 0 Å². The van der Waals surface area contributed by atoms with Crippen LogP contribution in [0, 0.1) is 11.3 Å². The van der Waals surface area contributed by atoms with E-state index in [0.717, 1.165) is 5.69 Å². The summed E-state index contributed by atoms with van der Waals surface area (Å²) in [4.78, 5) is 27.2. The Labute approximate surface area is 163 Å². The highest BCUT2D eigenvalue weighted by molar-refractivity contribution is 6.09. The number of benzene rings is 3. The van der Waals surface area contributed by atoms with Gasteiger partial charge in [-0.1, -0.05) is 30.3 Å². The molecular formula is C23H19N3O2. The minimum Gasteiger partial charge on any atom is -0.322 e. The van der Waals surface area contributed by atoms with Crippen LogP contribution < -0.4 is 10.2 Å². The summed E-state index contributed by atoms with van der Waals surface area (Å²) >= 11 is 0. The first-order chi connectivity index (χ1) is 13.6. The number of carbonyl (C=O) groups excluding carboxylic acids is 2. The van der Waals surface area contributed by atoms with Gasteiger partial charge in [-0.25, -0.2) is 0 Å². The van der Waals surface area contributed by atoms with Gasteiger partial charge < -0.3 is 10.2 Å². The highest BCUT2D eigenvalue weighted by atomic mass is 16.2. The molecule has 5 heteroatoms. The number of para-hydroxylation sites is 1. The van der Waals surface area contributed by atoms with Crippen LogP contribution in [0.1, 0.15) is 33.2 Å². The van der Waals surface area contributed by atoms with Crippen molar-refractivity contribution in [1.82, 2.24) is 0 Å². The van der Waals surface area contributed by atoms with Crippen molar-refractivity contribution in [2.75, 3.05) is 16.8 Å². The molecule has 0 unspecified atom stereocenters. The minimum atomic E-state index is -0.340. The van der Waals surface area contributed by atoms with Gasteiger partial charge in [-0.2, -0.15) is 5.26 Å². The van der Waals surface area contributed by atoms with E-state index in [9.17, 15) is 9.59 Å². The number of rotatable bonds is 5. The molecule has 0 aliphatic heterocycles. The molecule has 0 spiro atoms. The van der Waals surface area contributed by atoms with Gasteiger partial charge in [0.25, 0.3) is 11.8 Å². The Morgan fingerprint density at radius 2 is 1.64 bits per heavy atom. The number of carbonyl (C=O) groups is 2. The molecule has 2 amide bonds. The van der Waals surface area contributed by atoms with Crippen LogP contribution in [0.3, 0.4) is 0 Å². The fourth-order valence-electron chi connectivity index (χ4n) is 2.87. The zero-order valence-corrected chi connectivity index (χ0v) is 15.4. The Hall–Kier alpha value is -3.91. The maximum Gasteiger partial charge on any atom is 0.258 e. The largest absolute Gasteiger partial charge is 0.322 e. The summed E-state index contributed by atoms with van der Waals surface area (Å²) in [6.45, 7) is 2.42. The first kappa shape index (κ1) is 18.9. The van der Waals surface area contributed by atoms with Crippen LogP contribution in [0.2, 0.25) is 0 Å². The first-order valence-electron chi connectivity index (χ1n) is 8.91. The molecule has 0 radical (unpaired) electrons. The Balaban J connectivity index is 1.82. The molecule has 3 rings (SSSR count). The summed E-state index contributed by atoms with van der Waals surface area (Å²) < 4.78 is 0. The number of anilines is 2. The lowest BCUT2D eigenvalue weighted by atomic mass is 10.1. The quantitative estimate of drug-likeness (QED) is 0.721. The van der Waals surface area contributed by atoms with Gasteiger partial charge in [-0.15, -0.1) is 0 Å². The van der Waals surface area contributed by atoms with Crippen molar-refractivity contribution >= 4 is 23.2 Å². The fourth-order valence-corrected chi connectivity index (χ4v) is 2.87. The van der Waals surface area contributed by atoms with E-state index in [1.807, 2.05) is 43.3 Å². The van der Waals surface area contributed by atoms with Crippen LogP contribution in [0.5, 0.6) is 0 Å². The van der Waals surface area contributed by atoms with Crippen molar-refractivity contribution in [2.24, 2.45) is 0 Å². The monoisotopic (exact) mass is 369 g/mol. The molecule has 3 aromatic carbocycles. The first-order valence-corrected chi connectivity index (χ1v) is 8.91. The third kappa shape index (κ3) is 4.25. The van der Waals surface area contributed by atoms with Crippen LogP contribution in [-0.4, -0.2) is 18.4 Å². The third-order valence-electron chi connectivity index (χ3n) is 4.25. The topological polar surface area (TPSA) is 73.2 Å². The predicted molar refractivity (Wildman–Crippen MR) is 109 cm³/mol. The normalized spacial score (nSPS) is 10.0. The van der Waals surface area contributed by atoms with Gasteiger partial charge in [0.1, 0.15) is 0 Å². The highest BCUT2D eigenvalue weighted by Crippen LogP contribution is 2.18. The SMILES string of the molecule is CCN(C(=O)c1cccc(C(=O)Nc2cccc(C#N)c2)c1)c1ccccc1. The van der Waals surface area contributed by atoms with Gasteiger partial charge in [-0.05, 0) is 55.5 Å². The van der Waals surface area contributed by atoms with Crippen molar-refractivity contribution in [3.05, 3.63) is 95.6 Å². The summed E-state index contributed by atoms with van der Waals surface area (Å²) in [6, 6.07) is 24.7. The van der Waals surface area contributed by atoms with Gasteiger partial charge in [0, 0.05) is 29.0 Å². The van der Waals surface area contributed by atoms with Crippen LogP contribution in [0.4, 0.5) is 11.4 Å². The number of hydrogen-bond donors (Lipinski definition) is 1. The van der Waals surface area contributed by atoms with Crippen LogP contribution in [0.25, 0.3) is 0 Å². The molecule has 0 atom stereocenters. The Bertz CT molecular complexity index is 1040. The maximum absolute atomic E-state index is 13.0. The molecule has 3 aromatic rings. The molecule has 0 saturated heterocycles. The molecule has 0 aromatic heterocycles. The van der Waals surface area contributed by atoms with E-state index in [2.05, 4.69) is 5.32 Å². The molecule has 5 nitrogen and oxygen atoms in total. The highest BCUT2D eigenvalue weighted by Gasteiger charge is 2.17. The van der Waals surface area contributed by atoms with Gasteiger partial charge >= 0.3 is 0 Å². The summed E-state index contributed by atoms with van der Waals surface area (Å²) in [5.41, 5.74) is 2.60. The molecule has 0 heterocycles. The summed E-state index contributed by atoms with van der Waals surface area (Å²) in [6.07, 6.45) is 0. The zero-order chi connectivity index (χ0) is 19.9. The summed E-state index contributed by atoms with van der Waals surface area (Å²) in [5.74, 6) is -0.512. The Morgan fingerprint density at radius 1 is 0.929 bits per heavy atom. The molecular weight excluding hydrogens is 350 g/mol. The molecule has 138 valence electrons. The smallest absolute Gasteiger partial charge is 0.258 e. The van der Waals surface area contributed by atoms with E-state index in [4.69, 9.17) is 5.26 Å². The summed E-state index contributed by atoms with van der Waals surface area (Å²) in [7, 11) is 0. The van der Waals surface area contributed by atoms with Crippen molar-refractivity contribution in [3.8, 4) is 6.07 Å². The lowest BCUT2D eigenvalue weighted by Gasteiger charge is -2.21. The summed E-state index contributed by atoms with van der Waals surface area (Å²) in [5, 5.41) is 11.7.